The van der Waals surface area contributed by atoms with Gasteiger partial charge in [-0.15, -0.1) is 0 Å². The number of nitriles is 1. The third-order valence-corrected chi connectivity index (χ3v) is 6.99. The van der Waals surface area contributed by atoms with Gasteiger partial charge in [-0.25, -0.2) is 14.0 Å². The van der Waals surface area contributed by atoms with Gasteiger partial charge < -0.3 is 9.72 Å². The van der Waals surface area contributed by atoms with Crippen molar-refractivity contribution < 1.29 is 13.9 Å². The fourth-order valence-corrected chi connectivity index (χ4v) is 5.54. The molecule has 1 aromatic heterocycles. The first-order valence-corrected chi connectivity index (χ1v) is 11.2. The van der Waals surface area contributed by atoms with Crippen molar-refractivity contribution in [2.75, 3.05) is 0 Å². The number of rotatable bonds is 3. The van der Waals surface area contributed by atoms with E-state index in [1.165, 1.54) is 6.07 Å². The van der Waals surface area contributed by atoms with Crippen molar-refractivity contribution >= 4 is 17.1 Å². The van der Waals surface area contributed by atoms with Gasteiger partial charge in [0.15, 0.2) is 5.82 Å². The number of carbonyl (C=O) groups is 1. The molecule has 170 valence electrons. The van der Waals surface area contributed by atoms with Crippen molar-refractivity contribution in [3.63, 3.8) is 0 Å². The van der Waals surface area contributed by atoms with Gasteiger partial charge in [0, 0.05) is 12.1 Å². The van der Waals surface area contributed by atoms with E-state index in [2.05, 4.69) is 4.98 Å². The number of imidazole rings is 1. The topological polar surface area (TPSA) is 91.1 Å². The molecule has 1 unspecified atom stereocenters. The lowest BCUT2D eigenvalue weighted by Crippen LogP contribution is -2.43. The molecule has 33 heavy (non-hydrogen) atoms. The molecule has 0 radical (unpaired) electrons. The minimum atomic E-state index is -0.702. The van der Waals surface area contributed by atoms with Crippen molar-refractivity contribution in [1.82, 2.24) is 14.5 Å². The number of aromatic amines is 1. The highest BCUT2D eigenvalue weighted by molar-refractivity contribution is 5.78. The van der Waals surface area contributed by atoms with Crippen LogP contribution in [0.15, 0.2) is 47.3 Å². The monoisotopic (exact) mass is 448 g/mol. The molecule has 2 fully saturated rings. The Labute approximate surface area is 190 Å². The fourth-order valence-electron chi connectivity index (χ4n) is 5.54. The predicted molar refractivity (Wildman–Crippen MR) is 120 cm³/mol. The molecule has 5 rings (SSSR count). The Kier molecular flexibility index (Phi) is 5.00. The zero-order valence-corrected chi connectivity index (χ0v) is 18.5. The van der Waals surface area contributed by atoms with Crippen molar-refractivity contribution in [3.8, 4) is 6.07 Å². The summed E-state index contributed by atoms with van der Waals surface area (Å²) >= 11 is 0. The molecule has 8 heteroatoms. The van der Waals surface area contributed by atoms with Crippen molar-refractivity contribution in [1.29, 1.82) is 5.26 Å². The summed E-state index contributed by atoms with van der Waals surface area (Å²) in [7, 11) is 0. The molecule has 0 spiro atoms. The first-order valence-electron chi connectivity index (χ1n) is 11.2. The van der Waals surface area contributed by atoms with Gasteiger partial charge in [0.2, 0.25) is 0 Å². The number of halogens is 1. The number of H-pyrrole nitrogens is 1. The Balaban J connectivity index is 1.41. The summed E-state index contributed by atoms with van der Waals surface area (Å²) in [5, 5.41) is 9.07. The van der Waals surface area contributed by atoms with Gasteiger partial charge in [-0.2, -0.15) is 5.26 Å². The van der Waals surface area contributed by atoms with E-state index < -0.39 is 11.4 Å². The van der Waals surface area contributed by atoms with Crippen LogP contribution in [0.25, 0.3) is 11.0 Å². The molecule has 1 aliphatic heterocycles. The number of carbonyl (C=O) groups excluding carboxylic acids is 1. The molecule has 2 aromatic carbocycles. The van der Waals surface area contributed by atoms with E-state index in [1.807, 2.05) is 49.1 Å². The lowest BCUT2D eigenvalue weighted by molar-refractivity contribution is 0.0662. The van der Waals surface area contributed by atoms with Gasteiger partial charge in [-0.1, -0.05) is 30.3 Å². The van der Waals surface area contributed by atoms with Gasteiger partial charge >= 0.3 is 11.8 Å². The Morgan fingerprint density at radius 2 is 1.73 bits per heavy atom. The molecule has 3 aromatic rings. The number of amides is 1. The van der Waals surface area contributed by atoms with Crippen molar-refractivity contribution in [2.24, 2.45) is 0 Å². The third-order valence-electron chi connectivity index (χ3n) is 6.99. The molecule has 1 amide bonds. The van der Waals surface area contributed by atoms with Crippen LogP contribution in [0.5, 0.6) is 0 Å². The van der Waals surface area contributed by atoms with Crippen LogP contribution in [0.3, 0.4) is 0 Å². The summed E-state index contributed by atoms with van der Waals surface area (Å²) in [6.45, 7) is 3.87. The average molecular weight is 448 g/mol. The Morgan fingerprint density at radius 1 is 1.06 bits per heavy atom. The van der Waals surface area contributed by atoms with E-state index in [0.29, 0.717) is 31.2 Å². The van der Waals surface area contributed by atoms with Crippen LogP contribution in [-0.2, 0) is 4.74 Å². The highest BCUT2D eigenvalue weighted by Crippen LogP contribution is 2.45. The number of hydrogen-bond donors (Lipinski definition) is 1. The minimum absolute atomic E-state index is 0.0106. The Bertz CT molecular complexity index is 1310. The van der Waals surface area contributed by atoms with Gasteiger partial charge in [0.05, 0.1) is 17.1 Å². The number of ether oxygens (including phenoxy) is 1. The Morgan fingerprint density at radius 3 is 2.39 bits per heavy atom. The van der Waals surface area contributed by atoms with E-state index in [9.17, 15) is 14.0 Å². The second-order valence-electron chi connectivity index (χ2n) is 9.39. The standard InChI is InChI=1S/C25H25FN4O3/c1-25(2)22(15-6-4-3-5-7-15)30(24(32)33-25)18-11-9-17(10-12-18)29-19-13-8-16(14-27)20(26)21(19)28-23(29)31/h3-8,13,17-18,22H,9-12H2,1-2H3,(H,28,31). The van der Waals surface area contributed by atoms with E-state index >= 15 is 0 Å². The number of aromatic nitrogens is 2. The summed E-state index contributed by atoms with van der Waals surface area (Å²) in [5.74, 6) is -0.702. The molecule has 2 heterocycles. The van der Waals surface area contributed by atoms with Crippen LogP contribution in [0.4, 0.5) is 9.18 Å². The molecule has 2 aliphatic rings. The normalized spacial score (nSPS) is 24.6. The summed E-state index contributed by atoms with van der Waals surface area (Å²) in [5.41, 5.74) is 0.429. The SMILES string of the molecule is CC1(C)OC(=O)N(C2CCC(n3c(=O)[nH]c4c(F)c(C#N)ccc43)CC2)C1c1ccccc1. The molecule has 1 saturated heterocycles. The molecule has 1 saturated carbocycles. The number of nitrogens with one attached hydrogen (secondary N) is 1. The third kappa shape index (κ3) is 3.39. The lowest BCUT2D eigenvalue weighted by atomic mass is 9.86. The lowest BCUT2D eigenvalue weighted by Gasteiger charge is -2.38. The zero-order valence-electron chi connectivity index (χ0n) is 18.5. The quantitative estimate of drug-likeness (QED) is 0.623. The van der Waals surface area contributed by atoms with Crippen LogP contribution in [0.2, 0.25) is 0 Å². The zero-order chi connectivity index (χ0) is 23.3. The van der Waals surface area contributed by atoms with E-state index in [1.54, 1.807) is 16.7 Å². The molecule has 1 atom stereocenters. The van der Waals surface area contributed by atoms with Gasteiger partial charge in [0.25, 0.3) is 0 Å². The van der Waals surface area contributed by atoms with Crippen molar-refractivity contribution in [2.45, 2.75) is 63.3 Å². The molecule has 0 bridgehead atoms. The fraction of sp³-hybridized carbons (Fsp3) is 0.400. The summed E-state index contributed by atoms with van der Waals surface area (Å²) in [6, 6.07) is 14.4. The second-order valence-corrected chi connectivity index (χ2v) is 9.39. The number of cyclic esters (lactones) is 1. The second kappa shape index (κ2) is 7.77. The smallest absolute Gasteiger partial charge is 0.411 e. The molecule has 1 aliphatic carbocycles. The number of fused-ring (bicyclic) bond motifs is 1. The maximum Gasteiger partial charge on any atom is 0.411 e. The van der Waals surface area contributed by atoms with E-state index in [4.69, 9.17) is 10.00 Å². The van der Waals surface area contributed by atoms with E-state index in [-0.39, 0.29) is 41.0 Å². The molecule has 7 nitrogen and oxygen atoms in total. The van der Waals surface area contributed by atoms with Crippen LogP contribution in [0, 0.1) is 17.1 Å². The number of benzene rings is 2. The Hall–Kier alpha value is -3.60. The number of nitrogens with zero attached hydrogens (tertiary/aromatic N) is 3. The maximum atomic E-state index is 14.6. The maximum absolute atomic E-state index is 14.6. The van der Waals surface area contributed by atoms with Gasteiger partial charge in [-0.05, 0) is 57.2 Å². The first-order chi connectivity index (χ1) is 15.8. The largest absolute Gasteiger partial charge is 0.441 e. The highest BCUT2D eigenvalue weighted by Gasteiger charge is 2.51. The molecule has 1 N–H and O–H groups in total. The minimum Gasteiger partial charge on any atom is -0.441 e. The summed E-state index contributed by atoms with van der Waals surface area (Å²) < 4.78 is 21.9. The predicted octanol–water partition coefficient (Wildman–Crippen LogP) is 4.80. The highest BCUT2D eigenvalue weighted by atomic mass is 19.1. The van der Waals surface area contributed by atoms with E-state index in [0.717, 1.165) is 5.56 Å². The van der Waals surface area contributed by atoms with Crippen LogP contribution >= 0.6 is 0 Å². The van der Waals surface area contributed by atoms with Gasteiger partial charge in [-0.3, -0.25) is 9.47 Å². The summed E-state index contributed by atoms with van der Waals surface area (Å²) in [6.07, 6.45) is 2.44. The van der Waals surface area contributed by atoms with Crippen LogP contribution in [-0.4, -0.2) is 32.2 Å². The molecular formula is C25H25FN4O3. The summed E-state index contributed by atoms with van der Waals surface area (Å²) in [4.78, 5) is 30.0. The van der Waals surface area contributed by atoms with Crippen molar-refractivity contribution in [3.05, 3.63) is 69.9 Å². The van der Waals surface area contributed by atoms with Gasteiger partial charge in [0.1, 0.15) is 17.2 Å². The van der Waals surface area contributed by atoms with Crippen LogP contribution < -0.4 is 5.69 Å². The van der Waals surface area contributed by atoms with Crippen LogP contribution in [0.1, 0.15) is 62.7 Å². The first kappa shape index (κ1) is 21.3. The average Bonchev–Trinajstić information content (AvgIpc) is 3.26. The number of hydrogen-bond acceptors (Lipinski definition) is 4. The molecular weight excluding hydrogens is 423 g/mol.